The van der Waals surface area contributed by atoms with Crippen LogP contribution in [0, 0.1) is 0 Å². The van der Waals surface area contributed by atoms with Gasteiger partial charge in [-0.05, 0) is 26.3 Å². The number of hydrogen-bond acceptors (Lipinski definition) is 5. The average Bonchev–Trinajstić information content (AvgIpc) is 2.64. The Morgan fingerprint density at radius 2 is 1.76 bits per heavy atom. The van der Waals surface area contributed by atoms with Crippen molar-refractivity contribution in [1.29, 1.82) is 0 Å². The van der Waals surface area contributed by atoms with Gasteiger partial charge in [0, 0.05) is 25.3 Å². The molecule has 0 spiro atoms. The zero-order valence-electron chi connectivity index (χ0n) is 16.0. The molecule has 0 unspecified atom stereocenters. The standard InChI is InChI=1S/C18H31N3O4/c1-6-19-18(21-12-13-25-7-2)20-11-10-14-8-9-15(22-3)17(24-5)16(14)23-4/h8-9H,6-7,10-13H2,1-5H3,(H2,19,20,21). The van der Waals surface area contributed by atoms with E-state index in [0.717, 1.165) is 24.5 Å². The topological polar surface area (TPSA) is 73.3 Å². The van der Waals surface area contributed by atoms with Crippen LogP contribution in [0.25, 0.3) is 0 Å². The van der Waals surface area contributed by atoms with Crippen molar-refractivity contribution in [3.8, 4) is 17.2 Å². The molecule has 7 nitrogen and oxygen atoms in total. The van der Waals surface area contributed by atoms with Crippen molar-refractivity contribution in [2.24, 2.45) is 4.99 Å². The van der Waals surface area contributed by atoms with Crippen molar-refractivity contribution in [2.45, 2.75) is 20.3 Å². The monoisotopic (exact) mass is 353 g/mol. The Hall–Kier alpha value is -2.15. The Morgan fingerprint density at radius 3 is 2.36 bits per heavy atom. The van der Waals surface area contributed by atoms with Gasteiger partial charge in [-0.15, -0.1) is 0 Å². The summed E-state index contributed by atoms with van der Waals surface area (Å²) in [4.78, 5) is 4.48. The van der Waals surface area contributed by atoms with E-state index in [-0.39, 0.29) is 0 Å². The van der Waals surface area contributed by atoms with Crippen LogP contribution < -0.4 is 24.8 Å². The summed E-state index contributed by atoms with van der Waals surface area (Å²) >= 11 is 0. The maximum absolute atomic E-state index is 5.51. The van der Waals surface area contributed by atoms with Gasteiger partial charge in [-0.1, -0.05) is 6.07 Å². The second kappa shape index (κ2) is 12.2. The van der Waals surface area contributed by atoms with Gasteiger partial charge in [0.2, 0.25) is 5.75 Å². The second-order valence-electron chi connectivity index (χ2n) is 5.13. The number of methoxy groups -OCH3 is 3. The SMILES string of the molecule is CCNC(=NCCOCC)NCCc1ccc(OC)c(OC)c1OC. The molecule has 0 aliphatic carbocycles. The highest BCUT2D eigenvalue weighted by Crippen LogP contribution is 2.39. The van der Waals surface area contributed by atoms with Crippen LogP contribution in [0.5, 0.6) is 17.2 Å². The number of rotatable bonds is 11. The van der Waals surface area contributed by atoms with Crippen LogP contribution >= 0.6 is 0 Å². The van der Waals surface area contributed by atoms with Gasteiger partial charge in [0.25, 0.3) is 0 Å². The largest absolute Gasteiger partial charge is 0.493 e. The predicted octanol–water partition coefficient (Wildman–Crippen LogP) is 1.85. The highest BCUT2D eigenvalue weighted by Gasteiger charge is 2.15. The second-order valence-corrected chi connectivity index (χ2v) is 5.13. The van der Waals surface area contributed by atoms with Crippen LogP contribution in [-0.2, 0) is 11.2 Å². The third-order valence-corrected chi connectivity index (χ3v) is 3.53. The van der Waals surface area contributed by atoms with Gasteiger partial charge in [0.15, 0.2) is 17.5 Å². The van der Waals surface area contributed by atoms with Gasteiger partial charge in [-0.25, -0.2) is 0 Å². The number of guanidine groups is 1. The molecule has 2 N–H and O–H groups in total. The molecule has 0 aliphatic rings. The van der Waals surface area contributed by atoms with Crippen LogP contribution in [0.1, 0.15) is 19.4 Å². The van der Waals surface area contributed by atoms with E-state index < -0.39 is 0 Å². The summed E-state index contributed by atoms with van der Waals surface area (Å²) in [7, 11) is 4.85. The van der Waals surface area contributed by atoms with Crippen molar-refractivity contribution >= 4 is 5.96 Å². The first-order valence-corrected chi connectivity index (χ1v) is 8.59. The minimum absolute atomic E-state index is 0.611. The van der Waals surface area contributed by atoms with Gasteiger partial charge in [-0.2, -0.15) is 0 Å². The minimum Gasteiger partial charge on any atom is -0.493 e. The molecule has 7 heteroatoms. The molecule has 0 bridgehead atoms. The number of nitrogens with one attached hydrogen (secondary N) is 2. The third-order valence-electron chi connectivity index (χ3n) is 3.53. The summed E-state index contributed by atoms with van der Waals surface area (Å²) in [5.74, 6) is 2.74. The Kier molecular flexibility index (Phi) is 10.2. The molecule has 0 fully saturated rings. The summed E-state index contributed by atoms with van der Waals surface area (Å²) < 4.78 is 21.6. The number of ether oxygens (including phenoxy) is 4. The molecule has 142 valence electrons. The van der Waals surface area contributed by atoms with Crippen molar-refractivity contribution in [1.82, 2.24) is 10.6 Å². The van der Waals surface area contributed by atoms with E-state index in [4.69, 9.17) is 18.9 Å². The van der Waals surface area contributed by atoms with E-state index in [9.17, 15) is 0 Å². The van der Waals surface area contributed by atoms with Crippen molar-refractivity contribution in [3.05, 3.63) is 17.7 Å². The molecule has 1 aromatic rings. The first kappa shape index (κ1) is 20.9. The first-order chi connectivity index (χ1) is 12.2. The first-order valence-electron chi connectivity index (χ1n) is 8.59. The molecule has 0 radical (unpaired) electrons. The zero-order chi connectivity index (χ0) is 18.5. The Labute approximate surface area is 150 Å². The summed E-state index contributed by atoms with van der Waals surface area (Å²) in [5, 5.41) is 6.54. The third kappa shape index (κ3) is 6.70. The fourth-order valence-corrected chi connectivity index (χ4v) is 2.38. The van der Waals surface area contributed by atoms with Crippen LogP contribution in [0.2, 0.25) is 0 Å². The van der Waals surface area contributed by atoms with E-state index in [1.165, 1.54) is 0 Å². The minimum atomic E-state index is 0.611. The molecule has 0 atom stereocenters. The number of hydrogen-bond donors (Lipinski definition) is 2. The van der Waals surface area contributed by atoms with E-state index in [0.29, 0.717) is 43.6 Å². The predicted molar refractivity (Wildman–Crippen MR) is 100 cm³/mol. The molecule has 1 aromatic carbocycles. The molecule has 0 aromatic heterocycles. The Bertz CT molecular complexity index is 535. The highest BCUT2D eigenvalue weighted by atomic mass is 16.5. The number of aliphatic imine (C=N–C) groups is 1. The van der Waals surface area contributed by atoms with Gasteiger partial charge in [0.05, 0.1) is 34.5 Å². The van der Waals surface area contributed by atoms with Gasteiger partial charge >= 0.3 is 0 Å². The molecular formula is C18H31N3O4. The Balaban J connectivity index is 2.69. The smallest absolute Gasteiger partial charge is 0.203 e. The maximum atomic E-state index is 5.51. The van der Waals surface area contributed by atoms with E-state index >= 15 is 0 Å². The van der Waals surface area contributed by atoms with Crippen LogP contribution in [0.3, 0.4) is 0 Å². The molecule has 0 aliphatic heterocycles. The zero-order valence-corrected chi connectivity index (χ0v) is 16.0. The molecule has 0 heterocycles. The molecular weight excluding hydrogens is 322 g/mol. The summed E-state index contributed by atoms with van der Waals surface area (Å²) in [6.45, 7) is 7.49. The van der Waals surface area contributed by atoms with Crippen LogP contribution in [0.15, 0.2) is 17.1 Å². The van der Waals surface area contributed by atoms with Gasteiger partial charge in [-0.3, -0.25) is 4.99 Å². The van der Waals surface area contributed by atoms with Crippen molar-refractivity contribution in [2.75, 3.05) is 54.2 Å². The lowest BCUT2D eigenvalue weighted by atomic mass is 10.1. The average molecular weight is 353 g/mol. The van der Waals surface area contributed by atoms with Crippen molar-refractivity contribution in [3.63, 3.8) is 0 Å². The normalized spacial score (nSPS) is 11.2. The Morgan fingerprint density at radius 1 is 1.00 bits per heavy atom. The van der Waals surface area contributed by atoms with Gasteiger partial charge < -0.3 is 29.6 Å². The summed E-state index contributed by atoms with van der Waals surface area (Å²) in [6, 6.07) is 3.87. The molecule has 0 amide bonds. The quantitative estimate of drug-likeness (QED) is 0.359. The summed E-state index contributed by atoms with van der Waals surface area (Å²) in [5.41, 5.74) is 1.04. The fraction of sp³-hybridized carbons (Fsp3) is 0.611. The number of nitrogens with zero attached hydrogens (tertiary/aromatic N) is 1. The lowest BCUT2D eigenvalue weighted by molar-refractivity contribution is 0.155. The highest BCUT2D eigenvalue weighted by molar-refractivity contribution is 5.79. The molecule has 0 saturated carbocycles. The van der Waals surface area contributed by atoms with Crippen molar-refractivity contribution < 1.29 is 18.9 Å². The van der Waals surface area contributed by atoms with E-state index in [1.807, 2.05) is 26.0 Å². The van der Waals surface area contributed by atoms with E-state index in [1.54, 1.807) is 21.3 Å². The van der Waals surface area contributed by atoms with Gasteiger partial charge in [0.1, 0.15) is 0 Å². The van der Waals surface area contributed by atoms with Crippen LogP contribution in [0.4, 0.5) is 0 Å². The lowest BCUT2D eigenvalue weighted by Crippen LogP contribution is -2.38. The lowest BCUT2D eigenvalue weighted by Gasteiger charge is -2.16. The number of benzene rings is 1. The molecule has 25 heavy (non-hydrogen) atoms. The summed E-state index contributed by atoms with van der Waals surface area (Å²) in [6.07, 6.45) is 0.763. The molecule has 1 rings (SSSR count). The maximum Gasteiger partial charge on any atom is 0.203 e. The molecule has 0 saturated heterocycles. The van der Waals surface area contributed by atoms with Crippen LogP contribution in [-0.4, -0.2) is 60.1 Å². The fourth-order valence-electron chi connectivity index (χ4n) is 2.38. The van der Waals surface area contributed by atoms with E-state index in [2.05, 4.69) is 15.6 Å².